The fraction of sp³-hybridized carbons (Fsp3) is 0.133. The normalized spacial score (nSPS) is 9.85. The van der Waals surface area contributed by atoms with E-state index in [9.17, 15) is 4.79 Å². The minimum Gasteiger partial charge on any atom is -0.347 e. The van der Waals surface area contributed by atoms with Crippen LogP contribution in [-0.2, 0) is 0 Å². The molecule has 20 heavy (non-hydrogen) atoms. The molecule has 1 aromatic heterocycles. The molecule has 0 fully saturated rings. The maximum atomic E-state index is 11.8. The Morgan fingerprint density at radius 1 is 1.35 bits per heavy atom. The number of para-hydroxylation sites is 1. The summed E-state index contributed by atoms with van der Waals surface area (Å²) < 4.78 is 0. The molecule has 5 heteroatoms. The van der Waals surface area contributed by atoms with Crippen LogP contribution >= 0.6 is 0 Å². The van der Waals surface area contributed by atoms with Crippen LogP contribution in [0.25, 0.3) is 0 Å². The third kappa shape index (κ3) is 3.41. The van der Waals surface area contributed by atoms with Crippen molar-refractivity contribution in [3.05, 3.63) is 60.6 Å². The van der Waals surface area contributed by atoms with Gasteiger partial charge in [0, 0.05) is 18.3 Å². The van der Waals surface area contributed by atoms with Crippen LogP contribution in [0.4, 0.5) is 11.5 Å². The zero-order valence-electron chi connectivity index (χ0n) is 11.3. The first-order valence-electron chi connectivity index (χ1n) is 6.24. The summed E-state index contributed by atoms with van der Waals surface area (Å²) in [6.45, 7) is 5.96. The lowest BCUT2D eigenvalue weighted by Crippen LogP contribution is -2.24. The molecule has 1 amide bonds. The van der Waals surface area contributed by atoms with Gasteiger partial charge in [-0.2, -0.15) is 0 Å². The Bertz CT molecular complexity index is 625. The lowest BCUT2D eigenvalue weighted by Gasteiger charge is -2.09. The molecular weight excluding hydrogens is 252 g/mol. The molecule has 0 saturated heterocycles. The number of aromatic nitrogens is 2. The van der Waals surface area contributed by atoms with Gasteiger partial charge in [0.05, 0.1) is 0 Å². The van der Waals surface area contributed by atoms with Crippen molar-refractivity contribution in [2.45, 2.75) is 6.92 Å². The average Bonchev–Trinajstić information content (AvgIpc) is 2.47. The lowest BCUT2D eigenvalue weighted by atomic mass is 10.2. The summed E-state index contributed by atoms with van der Waals surface area (Å²) >= 11 is 0. The highest BCUT2D eigenvalue weighted by Gasteiger charge is 2.08. The number of nitrogens with zero attached hydrogens (tertiary/aromatic N) is 2. The smallest absolute Gasteiger partial charge is 0.270 e. The molecular formula is C15H16N4O. The third-order valence-electron chi connectivity index (χ3n) is 2.71. The molecule has 1 aromatic carbocycles. The molecule has 1 heterocycles. The number of carbonyl (C=O) groups excluding carboxylic acids is 1. The van der Waals surface area contributed by atoms with E-state index in [1.807, 2.05) is 31.2 Å². The second-order valence-corrected chi connectivity index (χ2v) is 4.23. The number of benzene rings is 1. The molecule has 2 rings (SSSR count). The quantitative estimate of drug-likeness (QED) is 0.817. The molecule has 0 aliphatic carbocycles. The number of hydrogen-bond acceptors (Lipinski definition) is 4. The Kier molecular flexibility index (Phi) is 4.44. The van der Waals surface area contributed by atoms with Gasteiger partial charge in [-0.3, -0.25) is 4.79 Å². The fourth-order valence-corrected chi connectivity index (χ4v) is 1.66. The molecule has 0 atom stereocenters. The molecule has 5 nitrogen and oxygen atoms in total. The molecule has 2 N–H and O–H groups in total. The summed E-state index contributed by atoms with van der Waals surface area (Å²) in [6.07, 6.45) is 2.98. The number of hydrogen-bond donors (Lipinski definition) is 2. The molecule has 0 spiro atoms. The van der Waals surface area contributed by atoms with Gasteiger partial charge in [-0.05, 0) is 18.6 Å². The monoisotopic (exact) mass is 268 g/mol. The largest absolute Gasteiger partial charge is 0.347 e. The van der Waals surface area contributed by atoms with Gasteiger partial charge in [-0.15, -0.1) is 6.58 Å². The Hall–Kier alpha value is -2.69. The topological polar surface area (TPSA) is 66.9 Å². The van der Waals surface area contributed by atoms with Gasteiger partial charge in [0.25, 0.3) is 5.91 Å². The maximum Gasteiger partial charge on any atom is 0.270 e. The predicted octanol–water partition coefficient (Wildman–Crippen LogP) is 2.44. The summed E-state index contributed by atoms with van der Waals surface area (Å²) in [5.41, 5.74) is 2.37. The Morgan fingerprint density at radius 3 is 2.90 bits per heavy atom. The highest BCUT2D eigenvalue weighted by Crippen LogP contribution is 2.18. The van der Waals surface area contributed by atoms with Crippen LogP contribution in [-0.4, -0.2) is 22.4 Å². The molecule has 0 radical (unpaired) electrons. The van der Waals surface area contributed by atoms with Crippen molar-refractivity contribution >= 4 is 17.4 Å². The average molecular weight is 268 g/mol. The molecule has 0 bridgehead atoms. The summed E-state index contributed by atoms with van der Waals surface area (Å²) in [6, 6.07) is 9.48. The van der Waals surface area contributed by atoms with Crippen LogP contribution in [0.2, 0.25) is 0 Å². The van der Waals surface area contributed by atoms with Crippen LogP contribution in [0.15, 0.2) is 49.3 Å². The molecule has 0 aliphatic heterocycles. The van der Waals surface area contributed by atoms with Gasteiger partial charge in [-0.1, -0.05) is 24.3 Å². The van der Waals surface area contributed by atoms with Gasteiger partial charge in [-0.25, -0.2) is 9.97 Å². The zero-order chi connectivity index (χ0) is 14.4. The fourth-order valence-electron chi connectivity index (χ4n) is 1.66. The summed E-state index contributed by atoms with van der Waals surface area (Å²) in [5.74, 6) is 0.332. The molecule has 102 valence electrons. The number of aryl methyl sites for hydroxylation is 1. The van der Waals surface area contributed by atoms with E-state index in [2.05, 4.69) is 27.2 Å². The van der Waals surface area contributed by atoms with Crippen LogP contribution < -0.4 is 10.6 Å². The van der Waals surface area contributed by atoms with E-state index >= 15 is 0 Å². The number of rotatable bonds is 5. The van der Waals surface area contributed by atoms with Gasteiger partial charge in [0.15, 0.2) is 0 Å². The van der Waals surface area contributed by atoms with E-state index in [1.54, 1.807) is 12.1 Å². The molecule has 0 aliphatic rings. The van der Waals surface area contributed by atoms with Crippen molar-refractivity contribution < 1.29 is 4.79 Å². The van der Waals surface area contributed by atoms with E-state index in [-0.39, 0.29) is 5.91 Å². The highest BCUT2D eigenvalue weighted by atomic mass is 16.1. The maximum absolute atomic E-state index is 11.8. The number of nitrogens with one attached hydrogen (secondary N) is 2. The van der Waals surface area contributed by atoms with Crippen molar-refractivity contribution in [3.63, 3.8) is 0 Å². The van der Waals surface area contributed by atoms with Crippen molar-refractivity contribution in [3.8, 4) is 0 Å². The van der Waals surface area contributed by atoms with E-state index in [4.69, 9.17) is 0 Å². The first-order valence-corrected chi connectivity index (χ1v) is 6.24. The van der Waals surface area contributed by atoms with E-state index < -0.39 is 0 Å². The first-order chi connectivity index (χ1) is 9.70. The molecule has 2 aromatic rings. The van der Waals surface area contributed by atoms with Gasteiger partial charge in [0.2, 0.25) is 0 Å². The Balaban J connectivity index is 2.16. The standard InChI is InChI=1S/C15H16N4O/c1-3-8-16-15(20)13-9-14(18-10-17-13)19-12-7-5-4-6-11(12)2/h3-7,9-10H,1,8H2,2H3,(H,16,20)(H,17,18,19). The van der Waals surface area contributed by atoms with Crippen molar-refractivity contribution in [1.82, 2.24) is 15.3 Å². The summed E-state index contributed by atoms with van der Waals surface area (Å²) in [7, 11) is 0. The lowest BCUT2D eigenvalue weighted by molar-refractivity contribution is 0.0953. The van der Waals surface area contributed by atoms with Crippen LogP contribution in [0.3, 0.4) is 0 Å². The number of anilines is 2. The van der Waals surface area contributed by atoms with E-state index in [0.29, 0.717) is 18.1 Å². The molecule has 0 unspecified atom stereocenters. The van der Waals surface area contributed by atoms with E-state index in [0.717, 1.165) is 11.3 Å². The highest BCUT2D eigenvalue weighted by molar-refractivity contribution is 5.93. The van der Waals surface area contributed by atoms with Crippen LogP contribution in [0.5, 0.6) is 0 Å². The zero-order valence-corrected chi connectivity index (χ0v) is 11.3. The van der Waals surface area contributed by atoms with Crippen LogP contribution in [0.1, 0.15) is 16.1 Å². The van der Waals surface area contributed by atoms with Gasteiger partial charge < -0.3 is 10.6 Å². The predicted molar refractivity (Wildman–Crippen MR) is 79.0 cm³/mol. The second kappa shape index (κ2) is 6.47. The van der Waals surface area contributed by atoms with Crippen molar-refractivity contribution in [2.24, 2.45) is 0 Å². The minimum atomic E-state index is -0.250. The summed E-state index contributed by atoms with van der Waals surface area (Å²) in [4.78, 5) is 19.9. The summed E-state index contributed by atoms with van der Waals surface area (Å²) in [5, 5.41) is 5.85. The van der Waals surface area contributed by atoms with Crippen molar-refractivity contribution in [2.75, 3.05) is 11.9 Å². The second-order valence-electron chi connectivity index (χ2n) is 4.23. The third-order valence-corrected chi connectivity index (χ3v) is 2.71. The van der Waals surface area contributed by atoms with E-state index in [1.165, 1.54) is 6.33 Å². The first kappa shape index (κ1) is 13.7. The van der Waals surface area contributed by atoms with Crippen molar-refractivity contribution in [1.29, 1.82) is 0 Å². The Labute approximate surface area is 117 Å². The Morgan fingerprint density at radius 2 is 2.15 bits per heavy atom. The minimum absolute atomic E-state index is 0.250. The number of amides is 1. The van der Waals surface area contributed by atoms with Crippen LogP contribution in [0, 0.1) is 6.92 Å². The van der Waals surface area contributed by atoms with Gasteiger partial charge >= 0.3 is 0 Å². The molecule has 0 saturated carbocycles. The van der Waals surface area contributed by atoms with Gasteiger partial charge in [0.1, 0.15) is 17.8 Å². The number of carbonyl (C=O) groups is 1. The SMILES string of the molecule is C=CCNC(=O)c1cc(Nc2ccccc2C)ncn1.